The number of hydrogen-bond acceptors (Lipinski definition) is 3. The monoisotopic (exact) mass is 747 g/mol. The third kappa shape index (κ3) is 4.61. The minimum absolute atomic E-state index is 0.0391. The van der Waals surface area contributed by atoms with E-state index in [2.05, 4.69) is 221 Å². The lowest BCUT2D eigenvalue weighted by molar-refractivity contribution is 1.26. The SMILES string of the molecule is c1ccc(-c2cc(-c3ccccc3)c(N3c4ccccc4B4c5ccccc5N5c6ccccc6B6c7ccccc7Nc7cc3c4c5c76)c(-c3ccccc3)c2)cc1. The normalized spacial score (nSPS) is 13.4. The van der Waals surface area contributed by atoms with Crippen LogP contribution in [0.3, 0.4) is 0 Å². The molecule has 0 saturated carbocycles. The van der Waals surface area contributed by atoms with Crippen molar-refractivity contribution in [3.63, 3.8) is 0 Å². The van der Waals surface area contributed by atoms with Crippen molar-refractivity contribution in [2.24, 2.45) is 0 Å². The molecule has 5 heteroatoms. The number of benzene rings is 9. The second-order valence-corrected chi connectivity index (χ2v) is 16.1. The Labute approximate surface area is 345 Å². The zero-order valence-corrected chi connectivity index (χ0v) is 32.2. The van der Waals surface area contributed by atoms with Gasteiger partial charge in [-0.05, 0) is 97.5 Å². The van der Waals surface area contributed by atoms with E-state index in [4.69, 9.17) is 0 Å². The Morgan fingerprint density at radius 3 is 1.27 bits per heavy atom. The van der Waals surface area contributed by atoms with Crippen molar-refractivity contribution < 1.29 is 0 Å². The fourth-order valence-electron chi connectivity index (χ4n) is 10.7. The summed E-state index contributed by atoms with van der Waals surface area (Å²) in [6, 6.07) is 76.3. The van der Waals surface area contributed by atoms with Gasteiger partial charge in [-0.25, -0.2) is 0 Å². The minimum Gasteiger partial charge on any atom is -0.356 e. The van der Waals surface area contributed by atoms with E-state index < -0.39 is 0 Å². The van der Waals surface area contributed by atoms with E-state index in [1.54, 1.807) is 0 Å². The van der Waals surface area contributed by atoms with Crippen LogP contribution < -0.4 is 47.9 Å². The predicted molar refractivity (Wildman–Crippen MR) is 251 cm³/mol. The number of fused-ring (bicyclic) bond motifs is 10. The van der Waals surface area contributed by atoms with Crippen LogP contribution in [0.5, 0.6) is 0 Å². The Morgan fingerprint density at radius 2 is 0.729 bits per heavy atom. The van der Waals surface area contributed by atoms with Crippen molar-refractivity contribution in [2.45, 2.75) is 0 Å². The molecular weight excluding hydrogens is 712 g/mol. The zero-order valence-electron chi connectivity index (χ0n) is 32.2. The predicted octanol–water partition coefficient (Wildman–Crippen LogP) is 9.66. The van der Waals surface area contributed by atoms with Gasteiger partial charge in [0.25, 0.3) is 13.4 Å². The maximum absolute atomic E-state index is 4.01. The van der Waals surface area contributed by atoms with E-state index in [0.29, 0.717) is 0 Å². The van der Waals surface area contributed by atoms with E-state index in [-0.39, 0.29) is 13.4 Å². The summed E-state index contributed by atoms with van der Waals surface area (Å²) in [6.07, 6.45) is 0. The van der Waals surface area contributed by atoms with Crippen molar-refractivity contribution in [3.05, 3.63) is 206 Å². The number of hydrogen-bond donors (Lipinski definition) is 1. The molecule has 9 aromatic rings. The van der Waals surface area contributed by atoms with Gasteiger partial charge in [-0.1, -0.05) is 164 Å². The molecule has 4 heterocycles. The summed E-state index contributed by atoms with van der Waals surface area (Å²) in [5.41, 5.74) is 24.8. The van der Waals surface area contributed by atoms with Crippen LogP contribution >= 0.6 is 0 Å². The lowest BCUT2D eigenvalue weighted by Gasteiger charge is -2.50. The molecule has 9 aromatic carbocycles. The first kappa shape index (κ1) is 32.6. The van der Waals surface area contributed by atoms with Crippen LogP contribution in [-0.2, 0) is 0 Å². The van der Waals surface area contributed by atoms with Gasteiger partial charge in [-0.3, -0.25) is 0 Å². The lowest BCUT2D eigenvalue weighted by Crippen LogP contribution is -2.68. The highest BCUT2D eigenvalue weighted by Crippen LogP contribution is 2.52. The van der Waals surface area contributed by atoms with E-state index in [1.165, 1.54) is 100 Å². The van der Waals surface area contributed by atoms with Gasteiger partial charge in [0.05, 0.1) is 5.69 Å². The summed E-state index contributed by atoms with van der Waals surface area (Å²) in [4.78, 5) is 5.20. The fraction of sp³-hybridized carbons (Fsp3) is 0. The van der Waals surface area contributed by atoms with Gasteiger partial charge in [0, 0.05) is 50.9 Å². The van der Waals surface area contributed by atoms with Crippen LogP contribution in [0, 0.1) is 0 Å². The van der Waals surface area contributed by atoms with Crippen molar-refractivity contribution in [1.29, 1.82) is 0 Å². The molecule has 0 aromatic heterocycles. The first-order valence-corrected chi connectivity index (χ1v) is 20.6. The highest BCUT2D eigenvalue weighted by Gasteiger charge is 2.50. The number of anilines is 8. The summed E-state index contributed by atoms with van der Waals surface area (Å²) < 4.78 is 0. The highest BCUT2D eigenvalue weighted by atomic mass is 15.2. The molecule has 0 bridgehead atoms. The van der Waals surface area contributed by atoms with Crippen LogP contribution in [0.15, 0.2) is 206 Å². The molecule has 0 radical (unpaired) electrons. The molecule has 0 atom stereocenters. The molecule has 4 aliphatic heterocycles. The van der Waals surface area contributed by atoms with Crippen LogP contribution in [0.1, 0.15) is 0 Å². The van der Waals surface area contributed by atoms with Gasteiger partial charge in [-0.2, -0.15) is 0 Å². The molecular formula is C54H35B2N3. The first-order valence-electron chi connectivity index (χ1n) is 20.6. The molecule has 3 nitrogen and oxygen atoms in total. The molecule has 272 valence electrons. The summed E-state index contributed by atoms with van der Waals surface area (Å²) in [5.74, 6) is 0. The molecule has 0 saturated heterocycles. The van der Waals surface area contributed by atoms with Crippen molar-refractivity contribution in [3.8, 4) is 33.4 Å². The highest BCUT2D eigenvalue weighted by molar-refractivity contribution is 7.04. The maximum atomic E-state index is 4.01. The minimum atomic E-state index is 0.0391. The average Bonchev–Trinajstić information content (AvgIpc) is 3.31. The third-order valence-electron chi connectivity index (χ3n) is 13.0. The van der Waals surface area contributed by atoms with E-state index in [0.717, 1.165) is 11.4 Å². The van der Waals surface area contributed by atoms with Crippen LogP contribution in [0.4, 0.5) is 45.5 Å². The molecule has 4 aliphatic rings. The molecule has 0 fully saturated rings. The van der Waals surface area contributed by atoms with Crippen LogP contribution in [-0.4, -0.2) is 13.4 Å². The number of rotatable bonds is 4. The molecule has 59 heavy (non-hydrogen) atoms. The Hall–Kier alpha value is -7.49. The quantitative estimate of drug-likeness (QED) is 0.181. The molecule has 0 aliphatic carbocycles. The smallest absolute Gasteiger partial charge is 0.252 e. The zero-order chi connectivity index (χ0) is 38.6. The molecule has 13 rings (SSSR count). The van der Waals surface area contributed by atoms with Crippen molar-refractivity contribution in [1.82, 2.24) is 0 Å². The Kier molecular flexibility index (Phi) is 6.90. The number of nitrogens with zero attached hydrogens (tertiary/aromatic N) is 2. The van der Waals surface area contributed by atoms with Gasteiger partial charge < -0.3 is 15.1 Å². The standard InChI is InChI=1S/C54H35B2N3/c1-4-18-35(19-5-1)38-32-39(36-20-6-2-7-21-36)53(40(33-38)37-22-8-3-9-23-37)59-49-31-17-13-27-44(49)56-43-26-12-16-30-48(43)58-47-29-15-11-25-42(47)55-41-24-10-14-28-45(41)57-46-34-50(59)52(56)54(58)51(46)55/h1-34,57H. The number of para-hydroxylation sites is 4. The van der Waals surface area contributed by atoms with E-state index in [9.17, 15) is 0 Å². The summed E-state index contributed by atoms with van der Waals surface area (Å²) in [5, 5.41) is 4.01. The summed E-state index contributed by atoms with van der Waals surface area (Å²) >= 11 is 0. The van der Waals surface area contributed by atoms with Crippen molar-refractivity contribution >= 4 is 91.7 Å². The lowest BCUT2D eigenvalue weighted by atomic mass is 9.29. The van der Waals surface area contributed by atoms with Gasteiger partial charge in [-0.15, -0.1) is 0 Å². The second kappa shape index (κ2) is 12.5. The van der Waals surface area contributed by atoms with Gasteiger partial charge in [0.15, 0.2) is 0 Å². The van der Waals surface area contributed by atoms with Gasteiger partial charge in [0.1, 0.15) is 0 Å². The van der Waals surface area contributed by atoms with Crippen molar-refractivity contribution in [2.75, 3.05) is 15.1 Å². The molecule has 0 spiro atoms. The molecule has 1 N–H and O–H groups in total. The Bertz CT molecular complexity index is 3090. The Balaban J connectivity index is 1.20. The summed E-state index contributed by atoms with van der Waals surface area (Å²) in [7, 11) is 0. The van der Waals surface area contributed by atoms with Crippen LogP contribution in [0.2, 0.25) is 0 Å². The third-order valence-corrected chi connectivity index (χ3v) is 13.0. The Morgan fingerprint density at radius 1 is 0.305 bits per heavy atom. The average molecular weight is 748 g/mol. The van der Waals surface area contributed by atoms with Crippen LogP contribution in [0.25, 0.3) is 33.4 Å². The van der Waals surface area contributed by atoms with Gasteiger partial charge in [0.2, 0.25) is 0 Å². The largest absolute Gasteiger partial charge is 0.356 e. The molecule has 0 amide bonds. The van der Waals surface area contributed by atoms with E-state index in [1.807, 2.05) is 0 Å². The van der Waals surface area contributed by atoms with E-state index >= 15 is 0 Å². The topological polar surface area (TPSA) is 18.5 Å². The second-order valence-electron chi connectivity index (χ2n) is 16.1. The first-order chi connectivity index (χ1) is 29.3. The fourth-order valence-corrected chi connectivity index (χ4v) is 10.7. The summed E-state index contributed by atoms with van der Waals surface area (Å²) in [6.45, 7) is 0.133. The van der Waals surface area contributed by atoms with Gasteiger partial charge >= 0.3 is 0 Å². The maximum Gasteiger partial charge on any atom is 0.252 e. The number of nitrogens with one attached hydrogen (secondary N) is 1. The molecule has 0 unspecified atom stereocenters.